The van der Waals surface area contributed by atoms with Crippen LogP contribution in [0.1, 0.15) is 53.9 Å². The fraction of sp³-hybridized carbons (Fsp3) is 1.00. The third kappa shape index (κ3) is 4.38. The second-order valence-electron chi connectivity index (χ2n) is 7.69. The maximum Gasteiger partial charge on any atom is 0.192 e. The first kappa shape index (κ1) is 15.2. The molecule has 0 spiro atoms. The lowest BCUT2D eigenvalue weighted by Crippen LogP contribution is -2.53. The smallest absolute Gasteiger partial charge is 0.192 e. The number of hydrogen-bond donors (Lipinski definition) is 1. The van der Waals surface area contributed by atoms with E-state index in [-0.39, 0.29) is 0 Å². The van der Waals surface area contributed by atoms with E-state index in [1.165, 1.54) is 19.3 Å². The van der Waals surface area contributed by atoms with E-state index in [0.717, 1.165) is 6.61 Å². The maximum atomic E-state index is 6.30. The van der Waals surface area contributed by atoms with Crippen LogP contribution in [0.3, 0.4) is 0 Å². The van der Waals surface area contributed by atoms with Crippen LogP contribution in [0, 0.1) is 0 Å². The summed E-state index contributed by atoms with van der Waals surface area (Å²) in [4.78, 5) is 0. The van der Waals surface area contributed by atoms with Gasteiger partial charge in [0.1, 0.15) is 0 Å². The molecule has 2 nitrogen and oxygen atoms in total. The van der Waals surface area contributed by atoms with Crippen molar-refractivity contribution in [3.8, 4) is 0 Å². The minimum atomic E-state index is -1.58. The second kappa shape index (κ2) is 5.02. The van der Waals surface area contributed by atoms with Crippen LogP contribution < -0.4 is 5.32 Å². The van der Waals surface area contributed by atoms with Crippen molar-refractivity contribution >= 4 is 8.32 Å². The molecule has 0 aliphatic carbocycles. The zero-order valence-electron chi connectivity index (χ0n) is 12.8. The van der Waals surface area contributed by atoms with Crippen molar-refractivity contribution in [3.63, 3.8) is 0 Å². The molecular formula is C14H31NOSi. The molecule has 0 saturated carbocycles. The summed E-state index contributed by atoms with van der Waals surface area (Å²) in [7, 11) is -1.58. The van der Waals surface area contributed by atoms with Gasteiger partial charge in [-0.05, 0) is 44.8 Å². The van der Waals surface area contributed by atoms with Gasteiger partial charge < -0.3 is 9.74 Å². The Labute approximate surface area is 109 Å². The van der Waals surface area contributed by atoms with Crippen molar-refractivity contribution in [2.75, 3.05) is 6.61 Å². The highest BCUT2D eigenvalue weighted by molar-refractivity contribution is 6.74. The van der Waals surface area contributed by atoms with Gasteiger partial charge in [0.15, 0.2) is 8.32 Å². The maximum absolute atomic E-state index is 6.30. The third-order valence-electron chi connectivity index (χ3n) is 4.40. The molecule has 0 aromatic carbocycles. The largest absolute Gasteiger partial charge is 0.415 e. The van der Waals surface area contributed by atoms with Gasteiger partial charge >= 0.3 is 0 Å². The Bertz CT molecular complexity index is 255. The first-order valence-corrected chi connectivity index (χ1v) is 9.86. The lowest BCUT2D eigenvalue weighted by atomic mass is 9.89. The van der Waals surface area contributed by atoms with Gasteiger partial charge in [-0.25, -0.2) is 0 Å². The van der Waals surface area contributed by atoms with Gasteiger partial charge in [-0.1, -0.05) is 27.2 Å². The fourth-order valence-corrected chi connectivity index (χ4v) is 3.19. The van der Waals surface area contributed by atoms with Crippen LogP contribution in [0.15, 0.2) is 0 Å². The van der Waals surface area contributed by atoms with Crippen LogP contribution in [-0.4, -0.2) is 26.5 Å². The molecule has 0 aromatic rings. The SMILES string of the molecule is CC1(C)CCCC(CO[Si](C)(C)C(C)(C)C)N1. The van der Waals surface area contributed by atoms with Crippen LogP contribution in [0.5, 0.6) is 0 Å². The third-order valence-corrected chi connectivity index (χ3v) is 8.90. The predicted octanol–water partition coefficient (Wildman–Crippen LogP) is 3.93. The number of hydrogen-bond acceptors (Lipinski definition) is 2. The molecule has 1 N–H and O–H groups in total. The zero-order chi connectivity index (χ0) is 13.3. The lowest BCUT2D eigenvalue weighted by molar-refractivity contribution is 0.169. The Morgan fingerprint density at radius 2 is 1.88 bits per heavy atom. The van der Waals surface area contributed by atoms with E-state index in [1.807, 2.05) is 0 Å². The van der Waals surface area contributed by atoms with E-state index < -0.39 is 8.32 Å². The number of piperidine rings is 1. The molecule has 0 amide bonds. The Morgan fingerprint density at radius 1 is 1.29 bits per heavy atom. The monoisotopic (exact) mass is 257 g/mol. The summed E-state index contributed by atoms with van der Waals surface area (Å²) < 4.78 is 6.30. The Kier molecular flexibility index (Phi) is 4.49. The molecule has 0 radical (unpaired) electrons. The van der Waals surface area contributed by atoms with Crippen LogP contribution in [0.2, 0.25) is 18.1 Å². The van der Waals surface area contributed by atoms with Crippen molar-refractivity contribution in [1.29, 1.82) is 0 Å². The standard InChI is InChI=1S/C14H31NOSi/c1-13(2,3)17(6,7)16-11-12-9-8-10-14(4,5)15-12/h12,15H,8-11H2,1-7H3. The van der Waals surface area contributed by atoms with Crippen LogP contribution in [-0.2, 0) is 4.43 Å². The number of rotatable bonds is 3. The summed E-state index contributed by atoms with van der Waals surface area (Å²) in [5.74, 6) is 0. The van der Waals surface area contributed by atoms with E-state index in [9.17, 15) is 0 Å². The van der Waals surface area contributed by atoms with Gasteiger partial charge in [-0.3, -0.25) is 0 Å². The van der Waals surface area contributed by atoms with Gasteiger partial charge in [-0.15, -0.1) is 0 Å². The number of nitrogens with one attached hydrogen (secondary N) is 1. The molecule has 1 aliphatic rings. The first-order chi connectivity index (χ1) is 7.54. The molecule has 102 valence electrons. The van der Waals surface area contributed by atoms with Gasteiger partial charge in [0.25, 0.3) is 0 Å². The Balaban J connectivity index is 2.46. The van der Waals surface area contributed by atoms with Crippen molar-refractivity contribution < 1.29 is 4.43 Å². The molecule has 0 aromatic heterocycles. The molecule has 1 atom stereocenters. The molecule has 1 rings (SSSR count). The van der Waals surface area contributed by atoms with Gasteiger partial charge in [0, 0.05) is 18.2 Å². The van der Waals surface area contributed by atoms with E-state index in [2.05, 4.69) is 53.0 Å². The highest BCUT2D eigenvalue weighted by atomic mass is 28.4. The van der Waals surface area contributed by atoms with Crippen LogP contribution in [0.25, 0.3) is 0 Å². The summed E-state index contributed by atoms with van der Waals surface area (Å²) in [5.41, 5.74) is 0.291. The van der Waals surface area contributed by atoms with Crippen LogP contribution in [0.4, 0.5) is 0 Å². The normalized spacial score (nSPS) is 25.9. The van der Waals surface area contributed by atoms with Gasteiger partial charge in [-0.2, -0.15) is 0 Å². The summed E-state index contributed by atoms with van der Waals surface area (Å²) in [5, 5.41) is 4.03. The topological polar surface area (TPSA) is 21.3 Å². The van der Waals surface area contributed by atoms with E-state index >= 15 is 0 Å². The molecule has 0 bridgehead atoms. The summed E-state index contributed by atoms with van der Waals surface area (Å²) >= 11 is 0. The zero-order valence-corrected chi connectivity index (χ0v) is 13.8. The minimum absolute atomic E-state index is 0.291. The highest BCUT2D eigenvalue weighted by Gasteiger charge is 2.38. The average molecular weight is 257 g/mol. The van der Waals surface area contributed by atoms with E-state index in [1.54, 1.807) is 0 Å². The predicted molar refractivity (Wildman–Crippen MR) is 78.0 cm³/mol. The minimum Gasteiger partial charge on any atom is -0.415 e. The second-order valence-corrected chi connectivity index (χ2v) is 12.5. The Morgan fingerprint density at radius 3 is 2.35 bits per heavy atom. The van der Waals surface area contributed by atoms with Gasteiger partial charge in [0.2, 0.25) is 0 Å². The highest BCUT2D eigenvalue weighted by Crippen LogP contribution is 2.36. The van der Waals surface area contributed by atoms with Crippen molar-refractivity contribution in [3.05, 3.63) is 0 Å². The summed E-state index contributed by atoms with van der Waals surface area (Å²) in [6.07, 6.45) is 3.87. The fourth-order valence-electron chi connectivity index (χ4n) is 2.14. The Hall–Kier alpha value is 0.137. The average Bonchev–Trinajstić information content (AvgIpc) is 2.11. The molecule has 1 aliphatic heterocycles. The molecule has 1 saturated heterocycles. The molecular weight excluding hydrogens is 226 g/mol. The van der Waals surface area contributed by atoms with Crippen LogP contribution >= 0.6 is 0 Å². The molecule has 3 heteroatoms. The van der Waals surface area contributed by atoms with E-state index in [4.69, 9.17) is 4.43 Å². The molecule has 1 heterocycles. The van der Waals surface area contributed by atoms with Crippen molar-refractivity contribution in [2.45, 2.75) is 83.6 Å². The quantitative estimate of drug-likeness (QED) is 0.774. The first-order valence-electron chi connectivity index (χ1n) is 6.95. The van der Waals surface area contributed by atoms with Crippen molar-refractivity contribution in [1.82, 2.24) is 5.32 Å². The molecule has 17 heavy (non-hydrogen) atoms. The summed E-state index contributed by atoms with van der Waals surface area (Å²) in [6.45, 7) is 17.1. The summed E-state index contributed by atoms with van der Waals surface area (Å²) in [6, 6.07) is 0.549. The lowest BCUT2D eigenvalue weighted by Gasteiger charge is -2.41. The molecule has 1 fully saturated rings. The van der Waals surface area contributed by atoms with E-state index in [0.29, 0.717) is 16.6 Å². The van der Waals surface area contributed by atoms with Crippen molar-refractivity contribution in [2.24, 2.45) is 0 Å². The van der Waals surface area contributed by atoms with Gasteiger partial charge in [0.05, 0.1) is 0 Å². The molecule has 1 unspecified atom stereocenters.